The van der Waals surface area contributed by atoms with Crippen LogP contribution < -0.4 is 5.43 Å². The number of nitriles is 1. The number of aromatic nitrogens is 2. The molecular weight excluding hydrogens is 314 g/mol. The number of para-hydroxylation sites is 1. The molecule has 3 rings (SSSR count). The van der Waals surface area contributed by atoms with E-state index in [1.54, 1.807) is 10.8 Å². The van der Waals surface area contributed by atoms with Crippen molar-refractivity contribution < 1.29 is 4.79 Å². The SMILES string of the molecule is N#CCC(=O)NN=Cc1cn(-c2ccccc2)nc1-c1ccccc1. The largest absolute Gasteiger partial charge is 0.272 e. The summed E-state index contributed by atoms with van der Waals surface area (Å²) in [5.41, 5.74) is 5.71. The molecule has 6 nitrogen and oxygen atoms in total. The number of rotatable bonds is 5. The zero-order valence-electron chi connectivity index (χ0n) is 13.3. The minimum Gasteiger partial charge on any atom is -0.272 e. The van der Waals surface area contributed by atoms with Crippen molar-refractivity contribution in [1.82, 2.24) is 15.2 Å². The number of amides is 1. The van der Waals surface area contributed by atoms with Crippen LogP contribution in [0.3, 0.4) is 0 Å². The Morgan fingerprint density at radius 1 is 1.16 bits per heavy atom. The maximum atomic E-state index is 11.3. The number of hydrazone groups is 1. The van der Waals surface area contributed by atoms with Crippen molar-refractivity contribution in [2.45, 2.75) is 6.42 Å². The third-order valence-corrected chi connectivity index (χ3v) is 3.44. The molecule has 2 aromatic carbocycles. The standard InChI is InChI=1S/C19H15N5O/c20-12-11-18(25)22-21-13-16-14-24(17-9-5-2-6-10-17)23-19(16)15-7-3-1-4-8-15/h1-10,13-14H,11H2,(H,22,25). The fraction of sp³-hybridized carbons (Fsp3) is 0.0526. The third-order valence-electron chi connectivity index (χ3n) is 3.44. The number of carbonyl (C=O) groups is 1. The van der Waals surface area contributed by atoms with Gasteiger partial charge in [-0.25, -0.2) is 10.1 Å². The van der Waals surface area contributed by atoms with Gasteiger partial charge in [-0.15, -0.1) is 0 Å². The van der Waals surface area contributed by atoms with Gasteiger partial charge < -0.3 is 0 Å². The Labute approximate surface area is 145 Å². The first kappa shape index (κ1) is 16.1. The minimum atomic E-state index is -0.449. The van der Waals surface area contributed by atoms with Gasteiger partial charge in [0.1, 0.15) is 12.1 Å². The second-order valence-corrected chi connectivity index (χ2v) is 5.21. The Balaban J connectivity index is 1.95. The molecule has 6 heteroatoms. The number of nitrogens with zero attached hydrogens (tertiary/aromatic N) is 4. The molecule has 0 unspecified atom stereocenters. The van der Waals surface area contributed by atoms with Crippen LogP contribution >= 0.6 is 0 Å². The van der Waals surface area contributed by atoms with Gasteiger partial charge in [-0.05, 0) is 12.1 Å². The van der Waals surface area contributed by atoms with Crippen molar-refractivity contribution in [3.05, 3.63) is 72.4 Å². The number of hydrogen-bond donors (Lipinski definition) is 1. The lowest BCUT2D eigenvalue weighted by molar-refractivity contribution is -0.120. The van der Waals surface area contributed by atoms with E-state index >= 15 is 0 Å². The molecule has 0 aliphatic carbocycles. The molecule has 25 heavy (non-hydrogen) atoms. The lowest BCUT2D eigenvalue weighted by Crippen LogP contribution is -2.16. The Bertz CT molecular complexity index is 923. The summed E-state index contributed by atoms with van der Waals surface area (Å²) >= 11 is 0. The molecule has 0 bridgehead atoms. The van der Waals surface area contributed by atoms with Crippen LogP contribution in [-0.4, -0.2) is 21.9 Å². The quantitative estimate of drug-likeness (QED) is 0.577. The third kappa shape index (κ3) is 3.98. The highest BCUT2D eigenvalue weighted by Gasteiger charge is 2.10. The molecule has 1 amide bonds. The summed E-state index contributed by atoms with van der Waals surface area (Å²) in [6.45, 7) is 0. The lowest BCUT2D eigenvalue weighted by Gasteiger charge is -2.00. The highest BCUT2D eigenvalue weighted by molar-refractivity contribution is 5.89. The van der Waals surface area contributed by atoms with E-state index in [1.165, 1.54) is 6.21 Å². The van der Waals surface area contributed by atoms with Gasteiger partial charge in [0, 0.05) is 17.3 Å². The molecule has 3 aromatic rings. The molecule has 0 radical (unpaired) electrons. The monoisotopic (exact) mass is 329 g/mol. The van der Waals surface area contributed by atoms with E-state index < -0.39 is 5.91 Å². The fourth-order valence-electron chi connectivity index (χ4n) is 2.30. The normalized spacial score (nSPS) is 10.5. The highest BCUT2D eigenvalue weighted by Crippen LogP contribution is 2.22. The van der Waals surface area contributed by atoms with E-state index in [0.29, 0.717) is 0 Å². The summed E-state index contributed by atoms with van der Waals surface area (Å²) in [5.74, 6) is -0.449. The average Bonchev–Trinajstić information content (AvgIpc) is 3.08. The Morgan fingerprint density at radius 3 is 2.52 bits per heavy atom. The molecule has 0 spiro atoms. The van der Waals surface area contributed by atoms with Gasteiger partial charge in [-0.3, -0.25) is 4.79 Å². The van der Waals surface area contributed by atoms with Crippen molar-refractivity contribution in [2.24, 2.45) is 5.10 Å². The molecule has 1 heterocycles. The van der Waals surface area contributed by atoms with Crippen LogP contribution in [0.5, 0.6) is 0 Å². The maximum absolute atomic E-state index is 11.3. The molecule has 1 aromatic heterocycles. The number of carbonyl (C=O) groups excluding carboxylic acids is 1. The highest BCUT2D eigenvalue weighted by atomic mass is 16.2. The van der Waals surface area contributed by atoms with Gasteiger partial charge in [0.2, 0.25) is 0 Å². The number of nitrogens with one attached hydrogen (secondary N) is 1. The second kappa shape index (κ2) is 7.70. The molecule has 0 aliphatic rings. The van der Waals surface area contributed by atoms with Gasteiger partial charge in [0.15, 0.2) is 0 Å². The van der Waals surface area contributed by atoms with Crippen molar-refractivity contribution >= 4 is 12.1 Å². The van der Waals surface area contributed by atoms with Gasteiger partial charge in [0.05, 0.1) is 18.0 Å². The first-order valence-electron chi connectivity index (χ1n) is 7.67. The fourth-order valence-corrected chi connectivity index (χ4v) is 2.30. The molecular formula is C19H15N5O. The molecule has 0 fully saturated rings. The first-order valence-corrected chi connectivity index (χ1v) is 7.67. The smallest absolute Gasteiger partial charge is 0.254 e. The van der Waals surface area contributed by atoms with Crippen LogP contribution in [0, 0.1) is 11.3 Å². The van der Waals surface area contributed by atoms with E-state index in [9.17, 15) is 4.79 Å². The number of hydrogen-bond acceptors (Lipinski definition) is 4. The predicted octanol–water partition coefficient (Wildman–Crippen LogP) is 2.90. The summed E-state index contributed by atoms with van der Waals surface area (Å²) in [4.78, 5) is 11.3. The van der Waals surface area contributed by atoms with Gasteiger partial charge in [-0.1, -0.05) is 48.5 Å². The van der Waals surface area contributed by atoms with E-state index in [-0.39, 0.29) is 6.42 Å². The zero-order chi connectivity index (χ0) is 17.5. The van der Waals surface area contributed by atoms with Gasteiger partial charge in [-0.2, -0.15) is 15.5 Å². The van der Waals surface area contributed by atoms with Crippen LogP contribution in [0.2, 0.25) is 0 Å². The maximum Gasteiger partial charge on any atom is 0.254 e. The zero-order valence-corrected chi connectivity index (χ0v) is 13.3. The Kier molecular flexibility index (Phi) is 4.98. The van der Waals surface area contributed by atoms with E-state index in [4.69, 9.17) is 5.26 Å². The topological polar surface area (TPSA) is 83.1 Å². The van der Waals surface area contributed by atoms with Crippen molar-refractivity contribution in [1.29, 1.82) is 5.26 Å². The van der Waals surface area contributed by atoms with Crippen LogP contribution in [-0.2, 0) is 4.79 Å². The first-order chi connectivity index (χ1) is 12.3. The van der Waals surface area contributed by atoms with Crippen molar-refractivity contribution in [3.8, 4) is 23.0 Å². The van der Waals surface area contributed by atoms with Crippen molar-refractivity contribution in [2.75, 3.05) is 0 Å². The average molecular weight is 329 g/mol. The lowest BCUT2D eigenvalue weighted by atomic mass is 10.1. The van der Waals surface area contributed by atoms with Gasteiger partial charge >= 0.3 is 0 Å². The van der Waals surface area contributed by atoms with Crippen molar-refractivity contribution in [3.63, 3.8) is 0 Å². The van der Waals surface area contributed by atoms with Crippen LogP contribution in [0.25, 0.3) is 16.9 Å². The van der Waals surface area contributed by atoms with Gasteiger partial charge in [0.25, 0.3) is 5.91 Å². The summed E-state index contributed by atoms with van der Waals surface area (Å²) in [6, 6.07) is 21.2. The molecule has 0 aliphatic heterocycles. The van der Waals surface area contributed by atoms with E-state index in [2.05, 4.69) is 15.6 Å². The van der Waals surface area contributed by atoms with Crippen LogP contribution in [0.4, 0.5) is 0 Å². The van der Waals surface area contributed by atoms with E-state index in [1.807, 2.05) is 66.9 Å². The summed E-state index contributed by atoms with van der Waals surface area (Å²) < 4.78 is 1.76. The van der Waals surface area contributed by atoms with Crippen LogP contribution in [0.15, 0.2) is 72.0 Å². The molecule has 1 N–H and O–H groups in total. The summed E-state index contributed by atoms with van der Waals surface area (Å²) in [5, 5.41) is 17.1. The molecule has 0 atom stereocenters. The Hall–Kier alpha value is -3.72. The summed E-state index contributed by atoms with van der Waals surface area (Å²) in [6.07, 6.45) is 3.15. The molecule has 0 saturated heterocycles. The minimum absolute atomic E-state index is 0.230. The summed E-state index contributed by atoms with van der Waals surface area (Å²) in [7, 11) is 0. The molecule has 0 saturated carbocycles. The van der Waals surface area contributed by atoms with E-state index in [0.717, 1.165) is 22.5 Å². The second-order valence-electron chi connectivity index (χ2n) is 5.21. The Morgan fingerprint density at radius 2 is 1.84 bits per heavy atom. The predicted molar refractivity (Wildman–Crippen MR) is 95.0 cm³/mol. The van der Waals surface area contributed by atoms with Crippen LogP contribution in [0.1, 0.15) is 12.0 Å². The molecule has 122 valence electrons. The number of benzene rings is 2.